The minimum atomic E-state index is -1.20. The molecule has 2 fully saturated rings. The molecule has 1 aliphatic carbocycles. The smallest absolute Gasteiger partial charge is 0.205 e. The first-order valence-corrected chi connectivity index (χ1v) is 8.22. The van der Waals surface area contributed by atoms with E-state index in [-0.39, 0.29) is 23.1 Å². The second-order valence-corrected chi connectivity index (χ2v) is 6.89. The van der Waals surface area contributed by atoms with E-state index in [1.807, 2.05) is 18.2 Å². The average molecular weight is 378 g/mol. The molecule has 2 aromatic carbocycles. The van der Waals surface area contributed by atoms with Gasteiger partial charge in [0.15, 0.2) is 0 Å². The molecule has 1 saturated heterocycles. The van der Waals surface area contributed by atoms with Crippen molar-refractivity contribution in [3.8, 4) is 0 Å². The van der Waals surface area contributed by atoms with Crippen LogP contribution in [-0.2, 0) is 10.5 Å². The molecular formula is C19H24BrNO2. The molecule has 124 valence electrons. The van der Waals surface area contributed by atoms with Gasteiger partial charge in [0, 0.05) is 12.1 Å². The zero-order valence-corrected chi connectivity index (χ0v) is 15.2. The molecule has 4 heteroatoms. The number of nitrogens with zero attached hydrogens (tertiary/aromatic N) is 1. The Balaban J connectivity index is 0.00000156. The summed E-state index contributed by atoms with van der Waals surface area (Å²) < 4.78 is 6.20. The van der Waals surface area contributed by atoms with Gasteiger partial charge in [0.25, 0.3) is 0 Å². The number of fused-ring (bicyclic) bond motifs is 1. The fourth-order valence-corrected chi connectivity index (χ4v) is 3.71. The number of morpholine rings is 1. The Morgan fingerprint density at radius 1 is 1.13 bits per heavy atom. The quantitative estimate of drug-likeness (QED) is 0.865. The summed E-state index contributed by atoms with van der Waals surface area (Å²) in [6, 6.07) is 14.4. The van der Waals surface area contributed by atoms with Crippen molar-refractivity contribution in [3.05, 3.63) is 48.0 Å². The van der Waals surface area contributed by atoms with Crippen LogP contribution in [0.4, 0.5) is 0 Å². The Bertz CT molecular complexity index is 688. The number of hydrogen-bond donors (Lipinski definition) is 1. The van der Waals surface area contributed by atoms with Crippen molar-refractivity contribution in [2.75, 3.05) is 20.1 Å². The molecule has 23 heavy (non-hydrogen) atoms. The van der Waals surface area contributed by atoms with Gasteiger partial charge in [-0.1, -0.05) is 42.8 Å². The number of likely N-dealkylation sites (N-methyl/N-ethyl adjacent to an activating group) is 1. The SMILES string of the molecule is Br.CN1CC(C2CCC2)OC(O)(c2ccc3ccccc3c2)C1. The van der Waals surface area contributed by atoms with Crippen molar-refractivity contribution < 1.29 is 9.84 Å². The number of hydrogen-bond acceptors (Lipinski definition) is 3. The number of halogens is 1. The molecule has 4 rings (SSSR count). The molecular weight excluding hydrogens is 354 g/mol. The van der Waals surface area contributed by atoms with Gasteiger partial charge >= 0.3 is 0 Å². The number of ether oxygens (including phenoxy) is 1. The minimum absolute atomic E-state index is 0. The van der Waals surface area contributed by atoms with Gasteiger partial charge in [-0.25, -0.2) is 0 Å². The molecule has 1 saturated carbocycles. The van der Waals surface area contributed by atoms with Gasteiger partial charge < -0.3 is 9.84 Å². The van der Waals surface area contributed by atoms with Gasteiger partial charge in [0.05, 0.1) is 12.6 Å². The van der Waals surface area contributed by atoms with Gasteiger partial charge in [0.1, 0.15) is 0 Å². The van der Waals surface area contributed by atoms with E-state index in [1.165, 1.54) is 24.6 Å². The summed E-state index contributed by atoms with van der Waals surface area (Å²) in [5, 5.41) is 13.5. The van der Waals surface area contributed by atoms with Crippen molar-refractivity contribution in [1.29, 1.82) is 0 Å². The topological polar surface area (TPSA) is 32.7 Å². The van der Waals surface area contributed by atoms with E-state index in [1.54, 1.807) is 0 Å². The first kappa shape index (κ1) is 16.9. The maximum atomic E-state index is 11.1. The van der Waals surface area contributed by atoms with Crippen LogP contribution in [0.1, 0.15) is 24.8 Å². The highest BCUT2D eigenvalue weighted by molar-refractivity contribution is 8.93. The summed E-state index contributed by atoms with van der Waals surface area (Å²) in [6.45, 7) is 1.44. The van der Waals surface area contributed by atoms with Crippen molar-refractivity contribution in [3.63, 3.8) is 0 Å². The van der Waals surface area contributed by atoms with E-state index in [0.717, 1.165) is 17.5 Å². The standard InChI is InChI=1S/C19H23NO2.BrH/c1-20-12-18(15-7-4-8-15)22-19(21,13-20)17-10-9-14-5-2-3-6-16(14)11-17;/h2-3,5-6,9-11,15,18,21H,4,7-8,12-13H2,1H3;1H. The second kappa shape index (κ2) is 6.52. The highest BCUT2D eigenvalue weighted by atomic mass is 79.9. The van der Waals surface area contributed by atoms with Crippen LogP contribution in [0.15, 0.2) is 42.5 Å². The molecule has 0 spiro atoms. The molecule has 0 bridgehead atoms. The van der Waals surface area contributed by atoms with Crippen LogP contribution in [0, 0.1) is 5.92 Å². The monoisotopic (exact) mass is 377 g/mol. The molecule has 3 nitrogen and oxygen atoms in total. The van der Waals surface area contributed by atoms with Crippen LogP contribution in [0.2, 0.25) is 0 Å². The highest BCUT2D eigenvalue weighted by Gasteiger charge is 2.43. The lowest BCUT2D eigenvalue weighted by molar-refractivity contribution is -0.287. The van der Waals surface area contributed by atoms with E-state index in [4.69, 9.17) is 4.74 Å². The van der Waals surface area contributed by atoms with Crippen molar-refractivity contribution in [2.45, 2.75) is 31.2 Å². The summed E-state index contributed by atoms with van der Waals surface area (Å²) in [7, 11) is 2.07. The molecule has 1 aliphatic heterocycles. The largest absolute Gasteiger partial charge is 0.361 e. The maximum absolute atomic E-state index is 11.1. The van der Waals surface area contributed by atoms with Crippen LogP contribution in [0.5, 0.6) is 0 Å². The molecule has 1 N–H and O–H groups in total. The summed E-state index contributed by atoms with van der Waals surface area (Å²) in [5.41, 5.74) is 0.863. The van der Waals surface area contributed by atoms with Crippen LogP contribution in [-0.4, -0.2) is 36.2 Å². The predicted octanol–water partition coefficient (Wildman–Crippen LogP) is 3.69. The summed E-state index contributed by atoms with van der Waals surface area (Å²) >= 11 is 0. The van der Waals surface area contributed by atoms with Crippen LogP contribution < -0.4 is 0 Å². The lowest BCUT2D eigenvalue weighted by Gasteiger charge is -2.46. The Labute approximate surface area is 148 Å². The Morgan fingerprint density at radius 2 is 1.87 bits per heavy atom. The third-order valence-electron chi connectivity index (χ3n) is 5.20. The maximum Gasteiger partial charge on any atom is 0.205 e. The highest BCUT2D eigenvalue weighted by Crippen LogP contribution is 2.38. The fourth-order valence-electron chi connectivity index (χ4n) is 3.71. The summed E-state index contributed by atoms with van der Waals surface area (Å²) in [6.07, 6.45) is 3.89. The first-order chi connectivity index (χ1) is 10.6. The molecule has 2 atom stereocenters. The van der Waals surface area contributed by atoms with Gasteiger partial charge in [-0.2, -0.15) is 0 Å². The minimum Gasteiger partial charge on any atom is -0.361 e. The molecule has 2 aliphatic rings. The molecule has 2 unspecified atom stereocenters. The zero-order valence-electron chi connectivity index (χ0n) is 13.4. The molecule has 1 heterocycles. The van der Waals surface area contributed by atoms with Gasteiger partial charge in [-0.05, 0) is 42.6 Å². The van der Waals surface area contributed by atoms with Crippen LogP contribution >= 0.6 is 17.0 Å². The van der Waals surface area contributed by atoms with Crippen molar-refractivity contribution in [1.82, 2.24) is 4.90 Å². The molecule has 0 radical (unpaired) electrons. The fraction of sp³-hybridized carbons (Fsp3) is 0.474. The number of β-amino-alcohol motifs (C(OH)–C–C–N with tert-alkyl or cyclic N) is 1. The Hall–Kier alpha value is -0.940. The number of rotatable bonds is 2. The molecule has 0 amide bonds. The lowest BCUT2D eigenvalue weighted by atomic mass is 9.80. The molecule has 0 aromatic heterocycles. The zero-order chi connectivity index (χ0) is 15.2. The van der Waals surface area contributed by atoms with E-state index < -0.39 is 5.79 Å². The van der Waals surface area contributed by atoms with Crippen LogP contribution in [0.25, 0.3) is 10.8 Å². The third kappa shape index (κ3) is 3.18. The van der Waals surface area contributed by atoms with Gasteiger partial charge in [0.2, 0.25) is 5.79 Å². The lowest BCUT2D eigenvalue weighted by Crippen LogP contribution is -2.55. The van der Waals surface area contributed by atoms with E-state index in [9.17, 15) is 5.11 Å². The Morgan fingerprint density at radius 3 is 2.57 bits per heavy atom. The van der Waals surface area contributed by atoms with Gasteiger partial charge in [-0.3, -0.25) is 4.90 Å². The average Bonchev–Trinajstić information content (AvgIpc) is 2.44. The van der Waals surface area contributed by atoms with Crippen molar-refractivity contribution >= 4 is 27.8 Å². The van der Waals surface area contributed by atoms with Crippen LogP contribution in [0.3, 0.4) is 0 Å². The van der Waals surface area contributed by atoms with E-state index in [2.05, 4.69) is 36.2 Å². The van der Waals surface area contributed by atoms with Gasteiger partial charge in [-0.15, -0.1) is 17.0 Å². The summed E-state index contributed by atoms with van der Waals surface area (Å²) in [5.74, 6) is -0.591. The van der Waals surface area contributed by atoms with E-state index in [0.29, 0.717) is 12.5 Å². The van der Waals surface area contributed by atoms with Crippen molar-refractivity contribution in [2.24, 2.45) is 5.92 Å². The predicted molar refractivity (Wildman–Crippen MR) is 97.9 cm³/mol. The summed E-state index contributed by atoms with van der Waals surface area (Å²) in [4.78, 5) is 2.20. The first-order valence-electron chi connectivity index (χ1n) is 8.22. The normalized spacial score (nSPS) is 29.0. The van der Waals surface area contributed by atoms with E-state index >= 15 is 0 Å². The third-order valence-corrected chi connectivity index (χ3v) is 5.20. The molecule has 2 aromatic rings. The Kier molecular flexibility index (Phi) is 4.79. The number of benzene rings is 2. The number of aliphatic hydroxyl groups is 1. The second-order valence-electron chi connectivity index (χ2n) is 6.89.